The number of carbonyl (C=O) groups excluding carboxylic acids is 1. The van der Waals surface area contributed by atoms with Crippen LogP contribution in [0.3, 0.4) is 0 Å². The summed E-state index contributed by atoms with van der Waals surface area (Å²) in [6, 6.07) is 0.0893. The number of carbonyl (C=O) groups is 1. The summed E-state index contributed by atoms with van der Waals surface area (Å²) >= 11 is 0. The maximum Gasteiger partial charge on any atom is 0.307 e. The molecule has 0 bridgehead atoms. The molecule has 0 aromatic rings. The van der Waals surface area contributed by atoms with Crippen LogP contribution in [-0.4, -0.2) is 35.9 Å². The summed E-state index contributed by atoms with van der Waals surface area (Å²) in [5.41, 5.74) is -0.415. The zero-order chi connectivity index (χ0) is 11.9. The van der Waals surface area contributed by atoms with Gasteiger partial charge >= 0.3 is 5.97 Å². The van der Waals surface area contributed by atoms with Gasteiger partial charge in [-0.3, -0.25) is 4.79 Å². The fourth-order valence-electron chi connectivity index (χ4n) is 1.13. The van der Waals surface area contributed by atoms with Gasteiger partial charge in [0.2, 0.25) is 0 Å². The molecule has 0 fully saturated rings. The lowest BCUT2D eigenvalue weighted by Gasteiger charge is -2.21. The van der Waals surface area contributed by atoms with Gasteiger partial charge in [0.15, 0.2) is 0 Å². The maximum absolute atomic E-state index is 11.4. The van der Waals surface area contributed by atoms with Crippen LogP contribution < -0.4 is 5.32 Å². The van der Waals surface area contributed by atoms with Crippen molar-refractivity contribution in [3.05, 3.63) is 0 Å². The molecule has 0 aliphatic carbocycles. The first-order chi connectivity index (χ1) is 6.85. The van der Waals surface area contributed by atoms with E-state index in [1.165, 1.54) is 0 Å². The Hall–Kier alpha value is -0.610. The molecular formula is C11H23NO3. The molecule has 1 atom stereocenters. The molecule has 4 heteroatoms. The predicted octanol–water partition coefficient (Wildman–Crippen LogP) is 1.08. The molecule has 0 saturated carbocycles. The van der Waals surface area contributed by atoms with E-state index in [1.54, 1.807) is 0 Å². The Balaban J connectivity index is 3.67. The lowest BCUT2D eigenvalue weighted by molar-refractivity contribution is -0.155. The van der Waals surface area contributed by atoms with Gasteiger partial charge in [-0.2, -0.15) is 0 Å². The molecule has 90 valence electrons. The summed E-state index contributed by atoms with van der Waals surface area (Å²) in [6.45, 7) is 8.40. The Morgan fingerprint density at radius 2 is 2.07 bits per heavy atom. The fraction of sp³-hybridized carbons (Fsp3) is 0.909. The second kappa shape index (κ2) is 6.80. The van der Waals surface area contributed by atoms with Gasteiger partial charge in [0.05, 0.1) is 6.42 Å². The van der Waals surface area contributed by atoms with Gasteiger partial charge in [0.25, 0.3) is 0 Å². The van der Waals surface area contributed by atoms with E-state index in [2.05, 4.69) is 5.32 Å². The smallest absolute Gasteiger partial charge is 0.307 e. The minimum absolute atomic E-state index is 0.0893. The summed E-state index contributed by atoms with van der Waals surface area (Å²) < 4.78 is 5.19. The summed E-state index contributed by atoms with van der Waals surface area (Å²) in [5.74, 6) is -0.188. The van der Waals surface area contributed by atoms with Gasteiger partial charge in [-0.1, -0.05) is 0 Å². The van der Waals surface area contributed by atoms with Gasteiger partial charge in [-0.25, -0.2) is 0 Å². The highest BCUT2D eigenvalue weighted by molar-refractivity contribution is 5.70. The van der Waals surface area contributed by atoms with E-state index in [-0.39, 0.29) is 18.6 Å². The Morgan fingerprint density at radius 1 is 1.47 bits per heavy atom. The van der Waals surface area contributed by atoms with Crippen LogP contribution in [0, 0.1) is 0 Å². The second-order valence-electron chi connectivity index (χ2n) is 4.72. The van der Waals surface area contributed by atoms with Crippen molar-refractivity contribution in [1.29, 1.82) is 0 Å². The molecule has 4 nitrogen and oxygen atoms in total. The Kier molecular flexibility index (Phi) is 6.52. The fourth-order valence-corrected chi connectivity index (χ4v) is 1.13. The molecular weight excluding hydrogens is 194 g/mol. The van der Waals surface area contributed by atoms with Crippen LogP contribution in [-0.2, 0) is 9.53 Å². The largest absolute Gasteiger partial charge is 0.460 e. The van der Waals surface area contributed by atoms with E-state index >= 15 is 0 Å². The van der Waals surface area contributed by atoms with Crippen molar-refractivity contribution in [2.24, 2.45) is 0 Å². The van der Waals surface area contributed by atoms with Crippen molar-refractivity contribution < 1.29 is 14.6 Å². The lowest BCUT2D eigenvalue weighted by Crippen LogP contribution is -2.33. The number of hydrogen-bond acceptors (Lipinski definition) is 4. The molecule has 15 heavy (non-hydrogen) atoms. The summed E-state index contributed by atoms with van der Waals surface area (Å²) in [6.07, 6.45) is 1.07. The third kappa shape index (κ3) is 9.69. The van der Waals surface area contributed by atoms with E-state index in [1.807, 2.05) is 27.7 Å². The average Bonchev–Trinajstić information content (AvgIpc) is 2.00. The van der Waals surface area contributed by atoms with Crippen molar-refractivity contribution in [3.63, 3.8) is 0 Å². The molecule has 0 aromatic carbocycles. The summed E-state index contributed by atoms with van der Waals surface area (Å²) in [5, 5.41) is 11.7. The van der Waals surface area contributed by atoms with Crippen LogP contribution in [0.25, 0.3) is 0 Å². The first-order valence-corrected chi connectivity index (χ1v) is 5.41. The third-order valence-corrected chi connectivity index (χ3v) is 1.72. The van der Waals surface area contributed by atoms with Gasteiger partial charge in [-0.15, -0.1) is 0 Å². The van der Waals surface area contributed by atoms with Crippen LogP contribution in [0.2, 0.25) is 0 Å². The molecule has 0 radical (unpaired) electrons. The molecule has 0 amide bonds. The number of aliphatic hydroxyl groups is 1. The van der Waals surface area contributed by atoms with Gasteiger partial charge < -0.3 is 15.2 Å². The molecule has 0 saturated heterocycles. The van der Waals surface area contributed by atoms with Crippen LogP contribution in [0.4, 0.5) is 0 Å². The van der Waals surface area contributed by atoms with Gasteiger partial charge in [0, 0.05) is 12.6 Å². The lowest BCUT2D eigenvalue weighted by atomic mass is 10.2. The van der Waals surface area contributed by atoms with E-state index in [9.17, 15) is 4.79 Å². The SMILES string of the molecule is CC(CC(=O)OC(C)(C)C)NCCCO. The number of esters is 1. The van der Waals surface area contributed by atoms with Crippen LogP contribution in [0.1, 0.15) is 40.5 Å². The Morgan fingerprint density at radius 3 is 2.53 bits per heavy atom. The van der Waals surface area contributed by atoms with E-state index in [0.717, 1.165) is 6.54 Å². The van der Waals surface area contributed by atoms with E-state index in [0.29, 0.717) is 12.8 Å². The summed E-state index contributed by atoms with van der Waals surface area (Å²) in [4.78, 5) is 11.4. The van der Waals surface area contributed by atoms with Gasteiger partial charge in [-0.05, 0) is 40.7 Å². The number of ether oxygens (including phenoxy) is 1. The molecule has 0 rings (SSSR count). The molecule has 0 heterocycles. The molecule has 0 aliphatic heterocycles. The molecule has 0 spiro atoms. The zero-order valence-electron chi connectivity index (χ0n) is 10.2. The van der Waals surface area contributed by atoms with Crippen LogP contribution >= 0.6 is 0 Å². The number of hydrogen-bond donors (Lipinski definition) is 2. The highest BCUT2D eigenvalue weighted by Crippen LogP contribution is 2.09. The Labute approximate surface area is 92.0 Å². The zero-order valence-corrected chi connectivity index (χ0v) is 10.2. The second-order valence-corrected chi connectivity index (χ2v) is 4.72. The molecule has 0 aromatic heterocycles. The van der Waals surface area contributed by atoms with Crippen LogP contribution in [0.5, 0.6) is 0 Å². The average molecular weight is 217 g/mol. The molecule has 0 aliphatic rings. The minimum Gasteiger partial charge on any atom is -0.460 e. The normalized spacial score (nSPS) is 13.7. The quantitative estimate of drug-likeness (QED) is 0.516. The molecule has 2 N–H and O–H groups in total. The van der Waals surface area contributed by atoms with Crippen LogP contribution in [0.15, 0.2) is 0 Å². The van der Waals surface area contributed by atoms with Crippen molar-refractivity contribution in [3.8, 4) is 0 Å². The number of aliphatic hydroxyl groups excluding tert-OH is 1. The highest BCUT2D eigenvalue weighted by Gasteiger charge is 2.17. The van der Waals surface area contributed by atoms with Crippen molar-refractivity contribution in [2.45, 2.75) is 52.2 Å². The van der Waals surface area contributed by atoms with Crippen molar-refractivity contribution >= 4 is 5.97 Å². The number of rotatable bonds is 6. The molecule has 1 unspecified atom stereocenters. The maximum atomic E-state index is 11.4. The van der Waals surface area contributed by atoms with E-state index in [4.69, 9.17) is 9.84 Å². The first kappa shape index (κ1) is 14.4. The predicted molar refractivity (Wildman–Crippen MR) is 59.6 cm³/mol. The third-order valence-electron chi connectivity index (χ3n) is 1.72. The number of nitrogens with one attached hydrogen (secondary N) is 1. The minimum atomic E-state index is -0.415. The monoisotopic (exact) mass is 217 g/mol. The summed E-state index contributed by atoms with van der Waals surface area (Å²) in [7, 11) is 0. The highest BCUT2D eigenvalue weighted by atomic mass is 16.6. The first-order valence-electron chi connectivity index (χ1n) is 5.41. The van der Waals surface area contributed by atoms with Gasteiger partial charge in [0.1, 0.15) is 5.60 Å². The standard InChI is InChI=1S/C11H23NO3/c1-9(12-6-5-7-13)8-10(14)15-11(2,3)4/h9,12-13H,5-8H2,1-4H3. The van der Waals surface area contributed by atoms with Crippen molar-refractivity contribution in [2.75, 3.05) is 13.2 Å². The topological polar surface area (TPSA) is 58.6 Å². The van der Waals surface area contributed by atoms with Crippen molar-refractivity contribution in [1.82, 2.24) is 5.32 Å². The van der Waals surface area contributed by atoms with E-state index < -0.39 is 5.60 Å². The Bertz CT molecular complexity index is 187.